The predicted molar refractivity (Wildman–Crippen MR) is 146 cm³/mol. The minimum absolute atomic E-state index is 0. The van der Waals surface area contributed by atoms with Crippen molar-refractivity contribution in [3.8, 4) is 45.9 Å². The molecule has 8 heteroatoms. The third-order valence-electron chi connectivity index (χ3n) is 6.28. The summed E-state index contributed by atoms with van der Waals surface area (Å²) in [4.78, 5) is 15.5. The summed E-state index contributed by atoms with van der Waals surface area (Å²) in [6.45, 7) is 15.9. The number of hydrogen-bond acceptors (Lipinski definition) is 4. The van der Waals surface area contributed by atoms with E-state index in [-0.39, 0.29) is 48.2 Å². The van der Waals surface area contributed by atoms with Crippen molar-refractivity contribution < 1.29 is 20.1 Å². The summed E-state index contributed by atoms with van der Waals surface area (Å²) in [5, 5.41) is 18.7. The Balaban J connectivity index is 0.000000220. The molecule has 0 fully saturated rings. The molecule has 5 aromatic rings. The Morgan fingerprint density at radius 2 is 1.68 bits per heavy atom. The molecule has 0 atom stereocenters. The standard InChI is InChI=1S/C21H8N5.C11H9N2.Ir/c1-24-20-17(11-15(12-22)18(13-23)21(20)25-2)19-16(9-6-10-26-19)14-7-4-3-5-8-14;1-2-4-10-9(3-1)5-7-13-8-6-12-11(10)13;/h3-10H;1-3,6,8H,5,7H2;/q2*-1;. The van der Waals surface area contributed by atoms with Crippen LogP contribution in [0.5, 0.6) is 0 Å². The van der Waals surface area contributed by atoms with E-state index < -0.39 is 0 Å². The quantitative estimate of drug-likeness (QED) is 0.187. The number of benzene rings is 3. The van der Waals surface area contributed by atoms with Gasteiger partial charge in [0, 0.05) is 62.6 Å². The van der Waals surface area contributed by atoms with Crippen LogP contribution in [0, 0.1) is 47.9 Å². The molecule has 0 unspecified atom stereocenters. The largest absolute Gasteiger partial charge is 0.371 e. The number of nitrogens with zero attached hydrogens (tertiary/aromatic N) is 7. The smallest absolute Gasteiger partial charge is 0.263 e. The molecule has 7 nitrogen and oxygen atoms in total. The second-order valence-corrected chi connectivity index (χ2v) is 8.42. The zero-order valence-corrected chi connectivity index (χ0v) is 23.3. The zero-order chi connectivity index (χ0) is 27.2. The molecule has 2 aromatic heterocycles. The van der Waals surface area contributed by atoms with E-state index in [0.29, 0.717) is 5.69 Å². The van der Waals surface area contributed by atoms with Crippen molar-refractivity contribution >= 4 is 11.4 Å². The van der Waals surface area contributed by atoms with Crippen molar-refractivity contribution in [3.63, 3.8) is 0 Å². The van der Waals surface area contributed by atoms with E-state index in [1.54, 1.807) is 12.3 Å². The molecule has 3 aromatic carbocycles. The average Bonchev–Trinajstić information content (AvgIpc) is 3.50. The molecule has 6 rings (SSSR count). The fourth-order valence-electron chi connectivity index (χ4n) is 4.49. The summed E-state index contributed by atoms with van der Waals surface area (Å²) in [7, 11) is 0. The number of aromatic nitrogens is 3. The van der Waals surface area contributed by atoms with Crippen LogP contribution in [0.3, 0.4) is 0 Å². The molecule has 0 saturated heterocycles. The van der Waals surface area contributed by atoms with Crippen molar-refractivity contribution in [2.24, 2.45) is 0 Å². The second kappa shape index (κ2) is 12.4. The normalized spacial score (nSPS) is 10.5. The number of rotatable bonds is 2. The van der Waals surface area contributed by atoms with Gasteiger partial charge >= 0.3 is 0 Å². The molecule has 191 valence electrons. The van der Waals surface area contributed by atoms with Crippen LogP contribution in [-0.4, -0.2) is 14.5 Å². The monoisotopic (exact) mass is 692 g/mol. The molecule has 40 heavy (non-hydrogen) atoms. The Morgan fingerprint density at radius 3 is 2.40 bits per heavy atom. The van der Waals surface area contributed by atoms with Crippen molar-refractivity contribution in [1.29, 1.82) is 10.5 Å². The van der Waals surface area contributed by atoms with E-state index in [2.05, 4.69) is 42.4 Å². The molecule has 0 N–H and O–H groups in total. The molecule has 0 amide bonds. The third-order valence-corrected chi connectivity index (χ3v) is 6.28. The Labute approximate surface area is 245 Å². The zero-order valence-electron chi connectivity index (χ0n) is 20.9. The fourth-order valence-corrected chi connectivity index (χ4v) is 4.49. The summed E-state index contributed by atoms with van der Waals surface area (Å²) in [5.41, 5.74) is 4.49. The molecule has 1 aliphatic heterocycles. The molecule has 1 aliphatic rings. The minimum atomic E-state index is -0.141. The maximum atomic E-state index is 9.36. The number of nitriles is 2. The van der Waals surface area contributed by atoms with Gasteiger partial charge < -0.3 is 4.57 Å². The van der Waals surface area contributed by atoms with E-state index in [1.165, 1.54) is 11.1 Å². The summed E-state index contributed by atoms with van der Waals surface area (Å²) in [6.07, 6.45) is 6.55. The summed E-state index contributed by atoms with van der Waals surface area (Å²) in [5.74, 6) is 1.06. The van der Waals surface area contributed by atoms with Gasteiger partial charge in [-0.1, -0.05) is 42.5 Å². The van der Waals surface area contributed by atoms with Crippen LogP contribution in [0.1, 0.15) is 16.7 Å². The second-order valence-electron chi connectivity index (χ2n) is 8.42. The number of aryl methyl sites for hydroxylation is 2. The topological polar surface area (TPSA) is 87.0 Å². The van der Waals surface area contributed by atoms with Gasteiger partial charge in [0.25, 0.3) is 5.69 Å². The van der Waals surface area contributed by atoms with Gasteiger partial charge in [-0.05, 0) is 40.8 Å². The molecular formula is C32H17IrN7-2. The number of fused-ring (bicyclic) bond motifs is 3. The van der Waals surface area contributed by atoms with E-state index >= 15 is 0 Å². The van der Waals surface area contributed by atoms with Crippen LogP contribution in [0.15, 0.2) is 79.3 Å². The molecule has 0 spiro atoms. The van der Waals surface area contributed by atoms with Crippen LogP contribution < -0.4 is 0 Å². The van der Waals surface area contributed by atoms with E-state index in [0.717, 1.165) is 29.9 Å². The summed E-state index contributed by atoms with van der Waals surface area (Å²) in [6, 6.07) is 29.0. The van der Waals surface area contributed by atoms with Crippen molar-refractivity contribution in [1.82, 2.24) is 14.5 Å². The van der Waals surface area contributed by atoms with Crippen LogP contribution >= 0.6 is 0 Å². The molecule has 3 heterocycles. The van der Waals surface area contributed by atoms with Gasteiger partial charge in [0.05, 0.1) is 12.4 Å². The molecule has 0 bridgehead atoms. The van der Waals surface area contributed by atoms with Crippen LogP contribution in [0.4, 0.5) is 11.4 Å². The number of imidazole rings is 1. The Kier molecular flexibility index (Phi) is 8.61. The van der Waals surface area contributed by atoms with Crippen molar-refractivity contribution in [2.75, 3.05) is 0 Å². The number of pyridine rings is 1. The summed E-state index contributed by atoms with van der Waals surface area (Å²) < 4.78 is 2.18. The SMILES string of the molecule is [C-]#[N+]c1c(-c2ncccc2-c2ccccc2)[c-]c(C#N)c(C#N)c1[N+]#[C-].[Ir].[c-]1cccc2c1-c1nccn1CC2. The van der Waals surface area contributed by atoms with Crippen LogP contribution in [0.25, 0.3) is 43.5 Å². The maximum Gasteiger partial charge on any atom is 0.263 e. The minimum Gasteiger partial charge on any atom is -0.371 e. The maximum absolute atomic E-state index is 9.36. The third kappa shape index (κ3) is 5.15. The van der Waals surface area contributed by atoms with Crippen LogP contribution in [0.2, 0.25) is 0 Å². The average molecular weight is 692 g/mol. The summed E-state index contributed by atoms with van der Waals surface area (Å²) >= 11 is 0. The van der Waals surface area contributed by atoms with Gasteiger partial charge in [-0.15, -0.1) is 35.4 Å². The molecule has 0 aliphatic carbocycles. The predicted octanol–water partition coefficient (Wildman–Crippen LogP) is 6.96. The van der Waals surface area contributed by atoms with E-state index in [9.17, 15) is 10.5 Å². The first kappa shape index (κ1) is 27.7. The van der Waals surface area contributed by atoms with Gasteiger partial charge in [-0.2, -0.15) is 4.85 Å². The van der Waals surface area contributed by atoms with Gasteiger partial charge in [0.1, 0.15) is 6.57 Å². The Morgan fingerprint density at radius 1 is 0.875 bits per heavy atom. The van der Waals surface area contributed by atoms with E-state index in [4.69, 9.17) is 13.1 Å². The molecule has 0 saturated carbocycles. The first-order chi connectivity index (χ1) is 19.2. The first-order valence-electron chi connectivity index (χ1n) is 11.9. The molecule has 1 radical (unpaired) electrons. The fraction of sp³-hybridized carbons (Fsp3) is 0.0625. The Hall–Kier alpha value is -5.37. The Bertz CT molecular complexity index is 1860. The number of hydrogen-bond donors (Lipinski definition) is 0. The van der Waals surface area contributed by atoms with Crippen molar-refractivity contribution in [2.45, 2.75) is 13.0 Å². The molecular weight excluding hydrogens is 675 g/mol. The van der Waals surface area contributed by atoms with Crippen molar-refractivity contribution in [3.05, 3.63) is 131 Å². The first-order valence-corrected chi connectivity index (χ1v) is 11.9. The van der Waals surface area contributed by atoms with Gasteiger partial charge in [-0.3, -0.25) is 9.97 Å². The van der Waals surface area contributed by atoms with Gasteiger partial charge in [0.2, 0.25) is 5.69 Å². The van der Waals surface area contributed by atoms with Gasteiger partial charge in [-0.25, -0.2) is 15.4 Å². The van der Waals surface area contributed by atoms with Gasteiger partial charge in [0.15, 0.2) is 0 Å². The van der Waals surface area contributed by atoms with Crippen LogP contribution in [-0.2, 0) is 33.1 Å². The van der Waals surface area contributed by atoms with E-state index in [1.807, 2.05) is 73.1 Å².